The Balaban J connectivity index is 1.91. The third-order valence-corrected chi connectivity index (χ3v) is 4.61. The van der Waals surface area contributed by atoms with E-state index in [0.717, 1.165) is 39.0 Å². The monoisotopic (exact) mass is 305 g/mol. The predicted molar refractivity (Wildman–Crippen MR) is 93.1 cm³/mol. The fourth-order valence-electron chi connectivity index (χ4n) is 3.40. The van der Waals surface area contributed by atoms with Crippen molar-refractivity contribution in [2.45, 2.75) is 18.4 Å². The van der Waals surface area contributed by atoms with Crippen LogP contribution in [-0.2, 0) is 12.8 Å². The minimum atomic E-state index is -0.481. The lowest BCUT2D eigenvalue weighted by Crippen LogP contribution is -2.57. The Bertz CT molecular complexity index is 598. The van der Waals surface area contributed by atoms with Crippen LogP contribution in [0.5, 0.6) is 0 Å². The van der Waals surface area contributed by atoms with Crippen LogP contribution in [0, 0.1) is 11.3 Å². The van der Waals surface area contributed by atoms with Crippen LogP contribution in [0.25, 0.3) is 0 Å². The molecule has 1 aliphatic rings. The molecule has 0 amide bonds. The van der Waals surface area contributed by atoms with Crippen molar-refractivity contribution >= 4 is 0 Å². The standard InChI is InChI=1S/C20H23N3/c21-17-20(23-13-11-22-12-14-23,15-18-7-3-1-4-8-18)16-19-9-5-2-6-10-19/h1-10,22H,11-16H2. The summed E-state index contributed by atoms with van der Waals surface area (Å²) in [5, 5.41) is 13.5. The van der Waals surface area contributed by atoms with E-state index in [4.69, 9.17) is 0 Å². The van der Waals surface area contributed by atoms with Gasteiger partial charge in [0.25, 0.3) is 0 Å². The Morgan fingerprint density at radius 1 is 0.870 bits per heavy atom. The Labute approximate surface area is 138 Å². The molecule has 0 atom stereocenters. The Morgan fingerprint density at radius 2 is 1.35 bits per heavy atom. The molecule has 3 nitrogen and oxygen atoms in total. The normalized spacial score (nSPS) is 16.0. The molecule has 2 aromatic rings. The van der Waals surface area contributed by atoms with Crippen LogP contribution >= 0.6 is 0 Å². The zero-order chi connectivity index (χ0) is 16.0. The molecule has 0 unspecified atom stereocenters. The van der Waals surface area contributed by atoms with Gasteiger partial charge in [0.15, 0.2) is 0 Å². The second kappa shape index (κ2) is 7.41. The first kappa shape index (κ1) is 15.7. The van der Waals surface area contributed by atoms with Crippen molar-refractivity contribution in [2.24, 2.45) is 0 Å². The van der Waals surface area contributed by atoms with Gasteiger partial charge < -0.3 is 5.32 Å². The summed E-state index contributed by atoms with van der Waals surface area (Å²) in [7, 11) is 0. The minimum Gasteiger partial charge on any atom is -0.314 e. The fourth-order valence-corrected chi connectivity index (χ4v) is 3.40. The molecule has 1 fully saturated rings. The molecule has 2 aromatic carbocycles. The third-order valence-electron chi connectivity index (χ3n) is 4.61. The Morgan fingerprint density at radius 3 is 1.78 bits per heavy atom. The van der Waals surface area contributed by atoms with Crippen LogP contribution in [-0.4, -0.2) is 36.6 Å². The van der Waals surface area contributed by atoms with Gasteiger partial charge in [-0.25, -0.2) is 0 Å². The molecule has 3 rings (SSSR count). The first-order chi connectivity index (χ1) is 11.3. The second-order valence-corrected chi connectivity index (χ2v) is 6.21. The summed E-state index contributed by atoms with van der Waals surface area (Å²) in [6.07, 6.45) is 1.53. The van der Waals surface area contributed by atoms with E-state index in [0.29, 0.717) is 0 Å². The van der Waals surface area contributed by atoms with Gasteiger partial charge in [-0.15, -0.1) is 0 Å². The topological polar surface area (TPSA) is 39.1 Å². The van der Waals surface area contributed by atoms with Crippen LogP contribution < -0.4 is 5.32 Å². The largest absolute Gasteiger partial charge is 0.314 e. The highest BCUT2D eigenvalue weighted by atomic mass is 15.2. The molecule has 0 bridgehead atoms. The van der Waals surface area contributed by atoms with Crippen molar-refractivity contribution in [3.05, 3.63) is 71.8 Å². The molecule has 0 aromatic heterocycles. The van der Waals surface area contributed by atoms with Gasteiger partial charge in [-0.1, -0.05) is 60.7 Å². The van der Waals surface area contributed by atoms with Gasteiger partial charge in [0.05, 0.1) is 6.07 Å². The third kappa shape index (κ3) is 3.79. The van der Waals surface area contributed by atoms with Crippen molar-refractivity contribution in [3.8, 4) is 6.07 Å². The van der Waals surface area contributed by atoms with E-state index in [9.17, 15) is 5.26 Å². The van der Waals surface area contributed by atoms with Crippen LogP contribution in [0.4, 0.5) is 0 Å². The molecule has 1 N–H and O–H groups in total. The maximum atomic E-state index is 10.1. The SMILES string of the molecule is N#CC(Cc1ccccc1)(Cc1ccccc1)N1CCNCC1. The quantitative estimate of drug-likeness (QED) is 0.923. The smallest absolute Gasteiger partial charge is 0.117 e. The Hall–Kier alpha value is -2.15. The highest BCUT2D eigenvalue weighted by Crippen LogP contribution is 2.26. The number of nitrogens with one attached hydrogen (secondary N) is 1. The van der Waals surface area contributed by atoms with Gasteiger partial charge >= 0.3 is 0 Å². The molecule has 1 aliphatic heterocycles. The summed E-state index contributed by atoms with van der Waals surface area (Å²) in [4.78, 5) is 2.36. The van der Waals surface area contributed by atoms with E-state index >= 15 is 0 Å². The van der Waals surface area contributed by atoms with Gasteiger partial charge in [-0.2, -0.15) is 5.26 Å². The first-order valence-corrected chi connectivity index (χ1v) is 8.27. The van der Waals surface area contributed by atoms with Gasteiger partial charge in [-0.05, 0) is 11.1 Å². The van der Waals surface area contributed by atoms with Gasteiger partial charge in [-0.3, -0.25) is 4.90 Å². The fraction of sp³-hybridized carbons (Fsp3) is 0.350. The van der Waals surface area contributed by atoms with E-state index in [2.05, 4.69) is 64.8 Å². The number of hydrogen-bond donors (Lipinski definition) is 1. The summed E-state index contributed by atoms with van der Waals surface area (Å²) in [6, 6.07) is 23.4. The molecule has 0 aliphatic carbocycles. The molecule has 1 heterocycles. The average molecular weight is 305 g/mol. The molecule has 0 saturated carbocycles. The predicted octanol–water partition coefficient (Wildman–Crippen LogP) is 2.64. The summed E-state index contributed by atoms with van der Waals surface area (Å²) in [5.41, 5.74) is 1.97. The molecule has 23 heavy (non-hydrogen) atoms. The summed E-state index contributed by atoms with van der Waals surface area (Å²) >= 11 is 0. The van der Waals surface area contributed by atoms with Crippen LogP contribution in [0.2, 0.25) is 0 Å². The van der Waals surface area contributed by atoms with Gasteiger partial charge in [0.2, 0.25) is 0 Å². The van der Waals surface area contributed by atoms with E-state index in [-0.39, 0.29) is 0 Å². The average Bonchev–Trinajstić information content (AvgIpc) is 2.63. The first-order valence-electron chi connectivity index (χ1n) is 8.27. The van der Waals surface area contributed by atoms with E-state index in [1.165, 1.54) is 11.1 Å². The number of hydrogen-bond acceptors (Lipinski definition) is 3. The summed E-state index contributed by atoms with van der Waals surface area (Å²) < 4.78 is 0. The van der Waals surface area contributed by atoms with Crippen LogP contribution in [0.3, 0.4) is 0 Å². The molecular weight excluding hydrogens is 282 g/mol. The molecule has 118 valence electrons. The molecule has 0 radical (unpaired) electrons. The van der Waals surface area contributed by atoms with Crippen molar-refractivity contribution in [1.82, 2.24) is 10.2 Å². The van der Waals surface area contributed by atoms with Crippen molar-refractivity contribution < 1.29 is 0 Å². The maximum Gasteiger partial charge on any atom is 0.117 e. The van der Waals surface area contributed by atoms with E-state index in [1.54, 1.807) is 0 Å². The Kier molecular flexibility index (Phi) is 5.07. The number of benzene rings is 2. The minimum absolute atomic E-state index is 0.481. The molecule has 1 saturated heterocycles. The molecular formula is C20H23N3. The van der Waals surface area contributed by atoms with E-state index in [1.807, 2.05) is 12.1 Å². The van der Waals surface area contributed by atoms with Crippen molar-refractivity contribution in [2.75, 3.05) is 26.2 Å². The van der Waals surface area contributed by atoms with Crippen molar-refractivity contribution in [3.63, 3.8) is 0 Å². The second-order valence-electron chi connectivity index (χ2n) is 6.21. The van der Waals surface area contributed by atoms with Gasteiger partial charge in [0.1, 0.15) is 5.54 Å². The van der Waals surface area contributed by atoms with E-state index < -0.39 is 5.54 Å². The zero-order valence-electron chi connectivity index (χ0n) is 13.4. The molecule has 0 spiro atoms. The number of nitrogens with zero attached hydrogens (tertiary/aromatic N) is 2. The zero-order valence-corrected chi connectivity index (χ0v) is 13.4. The lowest BCUT2D eigenvalue weighted by Gasteiger charge is -2.41. The van der Waals surface area contributed by atoms with Crippen molar-refractivity contribution in [1.29, 1.82) is 5.26 Å². The summed E-state index contributed by atoms with van der Waals surface area (Å²) in [5.74, 6) is 0. The van der Waals surface area contributed by atoms with Crippen LogP contribution in [0.15, 0.2) is 60.7 Å². The van der Waals surface area contributed by atoms with Crippen LogP contribution in [0.1, 0.15) is 11.1 Å². The number of nitriles is 1. The number of rotatable bonds is 5. The lowest BCUT2D eigenvalue weighted by atomic mass is 9.83. The molecule has 3 heteroatoms. The lowest BCUT2D eigenvalue weighted by molar-refractivity contribution is 0.117. The summed E-state index contributed by atoms with van der Waals surface area (Å²) in [6.45, 7) is 3.75. The van der Waals surface area contributed by atoms with Gasteiger partial charge in [0, 0.05) is 39.0 Å². The number of piperazine rings is 1. The highest BCUT2D eigenvalue weighted by Gasteiger charge is 2.38. The maximum absolute atomic E-state index is 10.1. The highest BCUT2D eigenvalue weighted by molar-refractivity contribution is 5.28.